The quantitative estimate of drug-likeness (QED) is 0.552. The number of alkyl halides is 2. The average Bonchev–Trinajstić information content (AvgIpc) is 2.03. The zero-order valence-electron chi connectivity index (χ0n) is 6.21. The van der Waals surface area contributed by atoms with Gasteiger partial charge in [-0.05, 0) is 6.07 Å². The molecule has 0 heterocycles. The van der Waals surface area contributed by atoms with Crippen molar-refractivity contribution in [1.82, 2.24) is 0 Å². The molecule has 70 valence electrons. The highest BCUT2D eigenvalue weighted by molar-refractivity contribution is 6.31. The molecule has 6 heteroatoms. The zero-order valence-corrected chi connectivity index (χ0v) is 6.96. The largest absolute Gasteiger partial charge is 0.270 e. The van der Waals surface area contributed by atoms with Gasteiger partial charge >= 0.3 is 0 Å². The van der Waals surface area contributed by atoms with Crippen molar-refractivity contribution >= 4 is 17.3 Å². The molecule has 0 fully saturated rings. The molecule has 1 aromatic rings. The van der Waals surface area contributed by atoms with Gasteiger partial charge in [-0.15, -0.1) is 0 Å². The molecule has 0 bridgehead atoms. The lowest BCUT2D eigenvalue weighted by molar-refractivity contribution is -0.384. The van der Waals surface area contributed by atoms with Crippen LogP contribution in [0.5, 0.6) is 0 Å². The predicted molar refractivity (Wildman–Crippen MR) is 43.1 cm³/mol. The van der Waals surface area contributed by atoms with Crippen LogP contribution in [0.1, 0.15) is 12.0 Å². The van der Waals surface area contributed by atoms with Crippen LogP contribution in [0.3, 0.4) is 0 Å². The molecule has 3 nitrogen and oxygen atoms in total. The van der Waals surface area contributed by atoms with E-state index in [4.69, 9.17) is 11.6 Å². The van der Waals surface area contributed by atoms with Gasteiger partial charge in [0, 0.05) is 17.7 Å². The SMILES string of the molecule is O=[N+]([O-])c1ccc(C(F)F)c(Cl)c1. The Morgan fingerprint density at radius 3 is 2.46 bits per heavy atom. The van der Waals surface area contributed by atoms with Crippen LogP contribution in [0.2, 0.25) is 5.02 Å². The molecule has 1 rings (SSSR count). The molecule has 13 heavy (non-hydrogen) atoms. The third-order valence-electron chi connectivity index (χ3n) is 1.43. The van der Waals surface area contributed by atoms with Crippen molar-refractivity contribution in [1.29, 1.82) is 0 Å². The van der Waals surface area contributed by atoms with E-state index in [0.29, 0.717) is 0 Å². The fourth-order valence-corrected chi connectivity index (χ4v) is 1.06. The lowest BCUT2D eigenvalue weighted by Crippen LogP contribution is -1.90. The first-order valence-electron chi connectivity index (χ1n) is 3.24. The van der Waals surface area contributed by atoms with Crippen molar-refractivity contribution in [2.24, 2.45) is 0 Å². The van der Waals surface area contributed by atoms with Gasteiger partial charge in [-0.1, -0.05) is 11.6 Å². The van der Waals surface area contributed by atoms with Crippen LogP contribution in [0, 0.1) is 10.1 Å². The predicted octanol–water partition coefficient (Wildman–Crippen LogP) is 3.19. The van der Waals surface area contributed by atoms with Crippen molar-refractivity contribution < 1.29 is 13.7 Å². The molecular weight excluding hydrogens is 204 g/mol. The Labute approximate surface area is 77.1 Å². The van der Waals surface area contributed by atoms with Crippen molar-refractivity contribution in [3.8, 4) is 0 Å². The fourth-order valence-electron chi connectivity index (χ4n) is 0.807. The topological polar surface area (TPSA) is 43.1 Å². The van der Waals surface area contributed by atoms with Crippen LogP contribution in [0.4, 0.5) is 14.5 Å². The monoisotopic (exact) mass is 207 g/mol. The summed E-state index contributed by atoms with van der Waals surface area (Å²) in [6.07, 6.45) is -2.71. The normalized spacial score (nSPS) is 10.5. The second-order valence-corrected chi connectivity index (χ2v) is 2.67. The number of nitrogens with zero attached hydrogens (tertiary/aromatic N) is 1. The summed E-state index contributed by atoms with van der Waals surface area (Å²) in [5, 5.41) is 9.91. The molecule has 0 radical (unpaired) electrons. The third kappa shape index (κ3) is 2.12. The summed E-state index contributed by atoms with van der Waals surface area (Å²) in [7, 11) is 0. The van der Waals surface area contributed by atoms with Crippen molar-refractivity contribution in [2.75, 3.05) is 0 Å². The van der Waals surface area contributed by atoms with Gasteiger partial charge in [0.25, 0.3) is 12.1 Å². The molecule has 0 saturated heterocycles. The Balaban J connectivity index is 3.13. The Hall–Kier alpha value is -1.23. The number of nitro benzene ring substituents is 1. The van der Waals surface area contributed by atoms with E-state index in [1.807, 2.05) is 0 Å². The van der Waals surface area contributed by atoms with Crippen molar-refractivity contribution in [3.63, 3.8) is 0 Å². The molecule has 0 aromatic heterocycles. The maximum absolute atomic E-state index is 12.1. The summed E-state index contributed by atoms with van der Waals surface area (Å²) in [5.74, 6) is 0. The van der Waals surface area contributed by atoms with Crippen LogP contribution in [0.25, 0.3) is 0 Å². The minimum atomic E-state index is -2.71. The minimum Gasteiger partial charge on any atom is -0.258 e. The van der Waals surface area contributed by atoms with E-state index in [1.54, 1.807) is 0 Å². The number of non-ortho nitro benzene ring substituents is 1. The van der Waals surface area contributed by atoms with Crippen LogP contribution in [-0.4, -0.2) is 4.92 Å². The van der Waals surface area contributed by atoms with Crippen LogP contribution < -0.4 is 0 Å². The van der Waals surface area contributed by atoms with Gasteiger partial charge in [-0.3, -0.25) is 10.1 Å². The Bertz CT molecular complexity index is 343. The summed E-state index contributed by atoms with van der Waals surface area (Å²) in [4.78, 5) is 9.50. The summed E-state index contributed by atoms with van der Waals surface area (Å²) in [6, 6.07) is 2.85. The van der Waals surface area contributed by atoms with E-state index < -0.39 is 16.9 Å². The van der Waals surface area contributed by atoms with Gasteiger partial charge in [-0.25, -0.2) is 8.78 Å². The van der Waals surface area contributed by atoms with Gasteiger partial charge in [0.15, 0.2) is 0 Å². The van der Waals surface area contributed by atoms with Gasteiger partial charge in [0.05, 0.1) is 9.95 Å². The first-order chi connectivity index (χ1) is 6.02. The molecule has 0 aliphatic carbocycles. The Morgan fingerprint density at radius 1 is 1.46 bits per heavy atom. The van der Waals surface area contributed by atoms with Gasteiger partial charge < -0.3 is 0 Å². The second kappa shape index (κ2) is 3.66. The maximum atomic E-state index is 12.1. The summed E-state index contributed by atoms with van der Waals surface area (Å²) >= 11 is 5.38. The molecule has 0 amide bonds. The average molecular weight is 208 g/mol. The first-order valence-corrected chi connectivity index (χ1v) is 3.62. The summed E-state index contributed by atoms with van der Waals surface area (Å²) in [6.45, 7) is 0. The number of benzene rings is 1. The lowest BCUT2D eigenvalue weighted by atomic mass is 10.2. The van der Waals surface area contributed by atoms with Crippen LogP contribution in [0.15, 0.2) is 18.2 Å². The second-order valence-electron chi connectivity index (χ2n) is 2.26. The molecule has 1 aromatic carbocycles. The first kappa shape index (κ1) is 9.85. The Kier molecular flexibility index (Phi) is 2.77. The van der Waals surface area contributed by atoms with Crippen LogP contribution >= 0.6 is 11.6 Å². The van der Waals surface area contributed by atoms with Crippen molar-refractivity contribution in [2.45, 2.75) is 6.43 Å². The van der Waals surface area contributed by atoms with E-state index >= 15 is 0 Å². The Morgan fingerprint density at radius 2 is 2.08 bits per heavy atom. The molecule has 0 unspecified atom stereocenters. The summed E-state index contributed by atoms with van der Waals surface area (Å²) in [5.41, 5.74) is -0.693. The van der Waals surface area contributed by atoms with E-state index in [1.165, 1.54) is 0 Å². The zero-order chi connectivity index (χ0) is 10.0. The van der Waals surface area contributed by atoms with Crippen LogP contribution in [-0.2, 0) is 0 Å². The number of rotatable bonds is 2. The number of hydrogen-bond acceptors (Lipinski definition) is 2. The number of halogens is 3. The number of nitro groups is 1. The molecule has 0 saturated carbocycles. The fraction of sp³-hybridized carbons (Fsp3) is 0.143. The van der Waals surface area contributed by atoms with E-state index in [2.05, 4.69) is 0 Å². The third-order valence-corrected chi connectivity index (χ3v) is 1.76. The van der Waals surface area contributed by atoms with E-state index in [-0.39, 0.29) is 10.7 Å². The minimum absolute atomic E-state index is 0.288. The maximum Gasteiger partial charge on any atom is 0.270 e. The van der Waals surface area contributed by atoms with Gasteiger partial charge in [0.1, 0.15) is 0 Å². The molecule has 0 spiro atoms. The van der Waals surface area contributed by atoms with Crippen molar-refractivity contribution in [3.05, 3.63) is 38.9 Å². The highest BCUT2D eigenvalue weighted by Gasteiger charge is 2.15. The molecule has 0 atom stereocenters. The van der Waals surface area contributed by atoms with E-state index in [9.17, 15) is 18.9 Å². The van der Waals surface area contributed by atoms with Gasteiger partial charge in [0.2, 0.25) is 0 Å². The van der Waals surface area contributed by atoms with Gasteiger partial charge in [-0.2, -0.15) is 0 Å². The summed E-state index contributed by atoms with van der Waals surface area (Å²) < 4.78 is 24.2. The lowest BCUT2D eigenvalue weighted by Gasteiger charge is -2.01. The molecule has 0 aliphatic heterocycles. The smallest absolute Gasteiger partial charge is 0.258 e. The number of hydrogen-bond donors (Lipinski definition) is 0. The highest BCUT2D eigenvalue weighted by Crippen LogP contribution is 2.29. The van der Waals surface area contributed by atoms with E-state index in [0.717, 1.165) is 18.2 Å². The molecule has 0 N–H and O–H groups in total. The molecule has 0 aliphatic rings. The highest BCUT2D eigenvalue weighted by atomic mass is 35.5. The standard InChI is InChI=1S/C7H4ClF2NO2/c8-6-3-4(11(12)13)1-2-5(6)7(9)10/h1-3,7H. The molecular formula is C7H4ClF2NO2.